The summed E-state index contributed by atoms with van der Waals surface area (Å²) < 4.78 is 14.0. The molecule has 0 aliphatic heterocycles. The van der Waals surface area contributed by atoms with E-state index in [9.17, 15) is 14.3 Å². The topological polar surface area (TPSA) is 120 Å². The molecule has 6 aromatic rings. The summed E-state index contributed by atoms with van der Waals surface area (Å²) >= 11 is 0. The Morgan fingerprint density at radius 1 is 0.974 bits per heavy atom. The highest BCUT2D eigenvalue weighted by molar-refractivity contribution is 6.01. The van der Waals surface area contributed by atoms with Crippen molar-refractivity contribution in [3.63, 3.8) is 0 Å². The molecule has 1 aliphatic carbocycles. The van der Waals surface area contributed by atoms with E-state index in [4.69, 9.17) is 0 Å². The Morgan fingerprint density at radius 2 is 1.85 bits per heavy atom. The van der Waals surface area contributed by atoms with Gasteiger partial charge in [0.2, 0.25) is 5.91 Å². The first-order chi connectivity index (χ1) is 19.0. The molecule has 0 atom stereocenters. The average molecular weight is 519 g/mol. The molecule has 39 heavy (non-hydrogen) atoms. The van der Waals surface area contributed by atoms with Crippen LogP contribution < -0.4 is 5.32 Å². The highest BCUT2D eigenvalue weighted by Crippen LogP contribution is 2.36. The largest absolute Gasteiger partial charge is 0.508 e. The summed E-state index contributed by atoms with van der Waals surface area (Å²) in [6.45, 7) is 0. The van der Waals surface area contributed by atoms with Gasteiger partial charge in [0.05, 0.1) is 23.3 Å². The van der Waals surface area contributed by atoms with Crippen molar-refractivity contribution in [3.05, 3.63) is 79.0 Å². The van der Waals surface area contributed by atoms with Crippen LogP contribution >= 0.6 is 0 Å². The zero-order chi connectivity index (χ0) is 26.5. The molecule has 4 aromatic heterocycles. The van der Waals surface area contributed by atoms with Crippen molar-refractivity contribution < 1.29 is 14.3 Å². The number of hydrogen-bond acceptors (Lipinski definition) is 5. The van der Waals surface area contributed by atoms with Gasteiger partial charge < -0.3 is 15.4 Å². The van der Waals surface area contributed by atoms with Gasteiger partial charge in [0.25, 0.3) is 0 Å². The molecule has 0 spiro atoms. The van der Waals surface area contributed by atoms with E-state index in [2.05, 4.69) is 30.5 Å². The highest BCUT2D eigenvalue weighted by atomic mass is 19.1. The number of halogens is 1. The van der Waals surface area contributed by atoms with Gasteiger partial charge >= 0.3 is 0 Å². The first-order valence-electron chi connectivity index (χ1n) is 12.7. The molecular weight excluding hydrogens is 495 g/mol. The Kier molecular flexibility index (Phi) is 5.36. The number of benzene rings is 2. The molecule has 4 heterocycles. The molecule has 0 unspecified atom stereocenters. The van der Waals surface area contributed by atoms with Gasteiger partial charge in [-0.05, 0) is 60.4 Å². The number of nitrogens with one attached hydrogen (secondary N) is 3. The van der Waals surface area contributed by atoms with Crippen LogP contribution in [-0.2, 0) is 4.79 Å². The van der Waals surface area contributed by atoms with E-state index < -0.39 is 5.82 Å². The Labute approximate surface area is 222 Å². The summed E-state index contributed by atoms with van der Waals surface area (Å²) in [5.74, 6) is -0.504. The lowest BCUT2D eigenvalue weighted by molar-refractivity contribution is -0.122. The Bertz CT molecular complexity index is 1870. The molecule has 2 aromatic carbocycles. The number of H-pyrrole nitrogens is 2. The van der Waals surface area contributed by atoms with E-state index >= 15 is 0 Å². The van der Waals surface area contributed by atoms with E-state index in [-0.39, 0.29) is 17.6 Å². The number of anilines is 1. The predicted molar refractivity (Wildman–Crippen MR) is 147 cm³/mol. The number of phenolic OH excluding ortho intramolecular Hbond substituents is 1. The lowest BCUT2D eigenvalue weighted by atomic mass is 9.85. The van der Waals surface area contributed by atoms with Crippen molar-refractivity contribution in [2.75, 3.05) is 5.32 Å². The number of fused-ring (bicyclic) bond motifs is 2. The third kappa shape index (κ3) is 4.17. The second-order valence-electron chi connectivity index (χ2n) is 9.92. The minimum Gasteiger partial charge on any atom is -0.508 e. The van der Waals surface area contributed by atoms with Gasteiger partial charge in [0.1, 0.15) is 11.6 Å². The summed E-state index contributed by atoms with van der Waals surface area (Å²) in [6, 6.07) is 15.6. The second-order valence-corrected chi connectivity index (χ2v) is 9.92. The van der Waals surface area contributed by atoms with Crippen LogP contribution in [-0.4, -0.2) is 36.2 Å². The number of amides is 1. The lowest BCUT2D eigenvalue weighted by Gasteiger charge is -2.24. The van der Waals surface area contributed by atoms with E-state index in [0.29, 0.717) is 16.9 Å². The molecular formula is C30H23FN6O2. The number of aromatic amines is 2. The normalized spacial score (nSPS) is 13.6. The number of nitrogens with zero attached hydrogens (tertiary/aromatic N) is 3. The maximum absolute atomic E-state index is 14.0. The van der Waals surface area contributed by atoms with Gasteiger partial charge in [-0.15, -0.1) is 0 Å². The third-order valence-electron chi connectivity index (χ3n) is 7.35. The quantitative estimate of drug-likeness (QED) is 0.210. The smallest absolute Gasteiger partial charge is 0.227 e. The Hall–Kier alpha value is -5.05. The number of hydrogen-bond donors (Lipinski definition) is 4. The maximum Gasteiger partial charge on any atom is 0.227 e. The molecule has 1 fully saturated rings. The Balaban J connectivity index is 1.27. The molecule has 0 saturated heterocycles. The molecule has 1 aliphatic rings. The molecule has 9 heteroatoms. The molecule has 4 N–H and O–H groups in total. The Morgan fingerprint density at radius 3 is 2.67 bits per heavy atom. The molecule has 1 saturated carbocycles. The van der Waals surface area contributed by atoms with Crippen LogP contribution in [0.15, 0.2) is 73.2 Å². The van der Waals surface area contributed by atoms with E-state index in [1.165, 1.54) is 6.07 Å². The van der Waals surface area contributed by atoms with Crippen LogP contribution in [0.1, 0.15) is 19.3 Å². The number of carbonyl (C=O) groups excluding carboxylic acids is 1. The lowest BCUT2D eigenvalue weighted by Crippen LogP contribution is -2.28. The standard InChI is InChI=1S/C30H23FN6O2/c31-20-7-17(9-22(38)11-20)23-5-2-6-26-24(23)12-27(35-26)28-25-10-19(14-33-29(25)37-36-28)18-8-21(15-32-13-18)34-30(39)16-3-1-4-16/h2,5-16,35,38H,1,3-4H2,(H,34,39)(H,33,36,37). The fourth-order valence-corrected chi connectivity index (χ4v) is 5.12. The molecule has 0 radical (unpaired) electrons. The van der Waals surface area contributed by atoms with Gasteiger partial charge in [0, 0.05) is 51.8 Å². The van der Waals surface area contributed by atoms with Crippen LogP contribution in [0.25, 0.3) is 55.6 Å². The van der Waals surface area contributed by atoms with Gasteiger partial charge in [-0.1, -0.05) is 18.6 Å². The van der Waals surface area contributed by atoms with Crippen molar-refractivity contribution in [3.8, 4) is 39.4 Å². The van der Waals surface area contributed by atoms with Crippen LogP contribution in [0.3, 0.4) is 0 Å². The molecule has 7 rings (SSSR count). The van der Waals surface area contributed by atoms with Crippen LogP contribution in [0.2, 0.25) is 0 Å². The van der Waals surface area contributed by atoms with Crippen LogP contribution in [0.5, 0.6) is 5.75 Å². The predicted octanol–water partition coefficient (Wildman–Crippen LogP) is 6.42. The van der Waals surface area contributed by atoms with Crippen molar-refractivity contribution >= 4 is 33.5 Å². The van der Waals surface area contributed by atoms with Gasteiger partial charge in [-0.3, -0.25) is 14.9 Å². The first kappa shape index (κ1) is 23.1. The van der Waals surface area contributed by atoms with Crippen molar-refractivity contribution in [1.29, 1.82) is 0 Å². The van der Waals surface area contributed by atoms with Gasteiger partial charge in [-0.25, -0.2) is 9.37 Å². The summed E-state index contributed by atoms with van der Waals surface area (Å²) in [7, 11) is 0. The van der Waals surface area contributed by atoms with Crippen LogP contribution in [0, 0.1) is 11.7 Å². The van der Waals surface area contributed by atoms with Crippen molar-refractivity contribution in [2.45, 2.75) is 19.3 Å². The zero-order valence-electron chi connectivity index (χ0n) is 20.7. The van der Waals surface area contributed by atoms with E-state index in [1.54, 1.807) is 24.7 Å². The van der Waals surface area contributed by atoms with Crippen LogP contribution in [0.4, 0.5) is 10.1 Å². The summed E-state index contributed by atoms with van der Waals surface area (Å²) in [4.78, 5) is 24.7. The summed E-state index contributed by atoms with van der Waals surface area (Å²) in [6.07, 6.45) is 8.09. The SMILES string of the molecule is O=C(Nc1cncc(-c2cnc3n[nH]c(-c4cc5c(-c6cc(O)cc(F)c6)cccc5[nH]4)c3c2)c1)C1CCC1. The molecule has 8 nitrogen and oxygen atoms in total. The van der Waals surface area contributed by atoms with Crippen molar-refractivity contribution in [2.24, 2.45) is 5.92 Å². The van der Waals surface area contributed by atoms with E-state index in [0.717, 1.165) is 69.7 Å². The van der Waals surface area contributed by atoms with Gasteiger partial charge in [0.15, 0.2) is 5.65 Å². The first-order valence-corrected chi connectivity index (χ1v) is 12.7. The monoisotopic (exact) mass is 518 g/mol. The van der Waals surface area contributed by atoms with Gasteiger partial charge in [-0.2, -0.15) is 5.10 Å². The average Bonchev–Trinajstić information content (AvgIpc) is 3.50. The number of pyridine rings is 2. The fraction of sp³-hybridized carbons (Fsp3) is 0.133. The minimum atomic E-state index is -0.503. The van der Waals surface area contributed by atoms with Crippen molar-refractivity contribution in [1.82, 2.24) is 25.1 Å². The van der Waals surface area contributed by atoms with E-state index in [1.807, 2.05) is 36.4 Å². The zero-order valence-corrected chi connectivity index (χ0v) is 20.7. The highest BCUT2D eigenvalue weighted by Gasteiger charge is 2.25. The fourth-order valence-electron chi connectivity index (χ4n) is 5.12. The maximum atomic E-state index is 14.0. The third-order valence-corrected chi connectivity index (χ3v) is 7.35. The number of aromatic nitrogens is 5. The molecule has 0 bridgehead atoms. The number of phenols is 1. The summed E-state index contributed by atoms with van der Waals surface area (Å²) in [5.41, 5.74) is 6.66. The second kappa shape index (κ2) is 9.05. The number of rotatable bonds is 5. The summed E-state index contributed by atoms with van der Waals surface area (Å²) in [5, 5.41) is 22.1. The number of aromatic hydroxyl groups is 1. The molecule has 192 valence electrons. The molecule has 1 amide bonds. The number of carbonyl (C=O) groups is 1. The minimum absolute atomic E-state index is 0.0394.